The Morgan fingerprint density at radius 1 is 1.09 bits per heavy atom. The zero-order valence-electron chi connectivity index (χ0n) is 19.6. The van der Waals surface area contributed by atoms with Gasteiger partial charge >= 0.3 is 0 Å². The van der Waals surface area contributed by atoms with Gasteiger partial charge in [-0.1, -0.05) is 60.2 Å². The molecule has 3 heterocycles. The lowest BCUT2D eigenvalue weighted by Gasteiger charge is -2.30. The van der Waals surface area contributed by atoms with Crippen LogP contribution in [0.15, 0.2) is 71.6 Å². The van der Waals surface area contributed by atoms with Gasteiger partial charge < -0.3 is 14.2 Å². The molecule has 2 atom stereocenters. The van der Waals surface area contributed by atoms with Crippen molar-refractivity contribution in [2.75, 3.05) is 24.5 Å². The fourth-order valence-electron chi connectivity index (χ4n) is 4.47. The predicted molar refractivity (Wildman–Crippen MR) is 136 cm³/mol. The summed E-state index contributed by atoms with van der Waals surface area (Å²) >= 11 is 1.70. The van der Waals surface area contributed by atoms with Crippen molar-refractivity contribution < 1.29 is 9.21 Å². The average Bonchev–Trinajstić information content (AvgIpc) is 3.54. The third-order valence-electron chi connectivity index (χ3n) is 6.59. The van der Waals surface area contributed by atoms with E-state index in [1.807, 2.05) is 54.4 Å². The fourth-order valence-corrected chi connectivity index (χ4v) is 5.43. The van der Waals surface area contributed by atoms with Crippen LogP contribution < -0.4 is 4.90 Å². The molecule has 0 spiro atoms. The van der Waals surface area contributed by atoms with Gasteiger partial charge in [-0.3, -0.25) is 4.79 Å². The highest BCUT2D eigenvalue weighted by Gasteiger charge is 2.32. The van der Waals surface area contributed by atoms with E-state index in [-0.39, 0.29) is 17.9 Å². The van der Waals surface area contributed by atoms with E-state index in [2.05, 4.69) is 35.9 Å². The van der Waals surface area contributed by atoms with Gasteiger partial charge in [0.2, 0.25) is 5.89 Å². The maximum absolute atomic E-state index is 13.8. The van der Waals surface area contributed by atoms with Crippen LogP contribution in [-0.4, -0.2) is 46.5 Å². The molecule has 0 N–H and O–H groups in total. The molecule has 34 heavy (non-hydrogen) atoms. The number of rotatable bonds is 4. The van der Waals surface area contributed by atoms with E-state index in [1.54, 1.807) is 17.5 Å². The van der Waals surface area contributed by atoms with Crippen molar-refractivity contribution in [1.82, 2.24) is 14.9 Å². The Labute approximate surface area is 203 Å². The van der Waals surface area contributed by atoms with Crippen LogP contribution in [0.25, 0.3) is 21.9 Å². The molecule has 2 aromatic carbocycles. The molecule has 1 aliphatic rings. The van der Waals surface area contributed by atoms with Crippen LogP contribution in [0.1, 0.15) is 29.8 Å². The van der Waals surface area contributed by atoms with Gasteiger partial charge in [-0.05, 0) is 37.5 Å². The normalized spacial score (nSPS) is 18.7. The van der Waals surface area contributed by atoms with Gasteiger partial charge in [-0.15, -0.1) is 0 Å². The van der Waals surface area contributed by atoms with E-state index < -0.39 is 0 Å². The number of anilines is 1. The number of hydrogen-bond donors (Lipinski definition) is 0. The number of thiazole rings is 1. The minimum atomic E-state index is 0.0159. The number of amides is 1. The van der Waals surface area contributed by atoms with E-state index in [0.29, 0.717) is 18.0 Å². The second-order valence-corrected chi connectivity index (χ2v) is 9.93. The summed E-state index contributed by atoms with van der Waals surface area (Å²) in [5.41, 5.74) is 3.58. The second-order valence-electron chi connectivity index (χ2n) is 8.92. The maximum Gasteiger partial charge on any atom is 0.254 e. The average molecular weight is 473 g/mol. The van der Waals surface area contributed by atoms with Crippen molar-refractivity contribution >= 4 is 22.4 Å². The molecule has 7 heteroatoms. The molecule has 1 fully saturated rings. The summed E-state index contributed by atoms with van der Waals surface area (Å²) in [5, 5.41) is 1.00. The molecule has 0 aliphatic carbocycles. The van der Waals surface area contributed by atoms with Crippen molar-refractivity contribution in [3.05, 3.63) is 78.3 Å². The Kier molecular flexibility index (Phi) is 6.20. The monoisotopic (exact) mass is 472 g/mol. The zero-order valence-corrected chi connectivity index (χ0v) is 20.5. The Balaban J connectivity index is 1.40. The highest BCUT2D eigenvalue weighted by atomic mass is 32.1. The zero-order chi connectivity index (χ0) is 23.7. The van der Waals surface area contributed by atoms with Crippen molar-refractivity contribution in [2.24, 2.45) is 5.92 Å². The number of aromatic nitrogens is 2. The highest BCUT2D eigenvalue weighted by molar-refractivity contribution is 7.18. The van der Waals surface area contributed by atoms with E-state index in [9.17, 15) is 4.79 Å². The number of carbonyl (C=O) groups is 1. The van der Waals surface area contributed by atoms with Crippen LogP contribution in [-0.2, 0) is 0 Å². The molecule has 1 saturated heterocycles. The molecule has 2 aromatic heterocycles. The number of nitrogens with zero attached hydrogens (tertiary/aromatic N) is 4. The Hall–Kier alpha value is -3.45. The minimum absolute atomic E-state index is 0.0159. The Morgan fingerprint density at radius 2 is 1.91 bits per heavy atom. The molecule has 6 nitrogen and oxygen atoms in total. The number of oxazole rings is 1. The van der Waals surface area contributed by atoms with Gasteiger partial charge in [0.15, 0.2) is 5.13 Å². The van der Waals surface area contributed by atoms with E-state index >= 15 is 0 Å². The first-order valence-electron chi connectivity index (χ1n) is 11.6. The van der Waals surface area contributed by atoms with Crippen LogP contribution >= 0.6 is 11.3 Å². The molecule has 0 saturated carbocycles. The SMILES string of the molecule is Cc1ccc(-c2ncco2)c(C(=O)N2CCN(c3ncc(-c4ccccc4)s3)CC(C)C2C)c1. The van der Waals surface area contributed by atoms with Crippen molar-refractivity contribution in [3.8, 4) is 21.9 Å². The lowest BCUT2D eigenvalue weighted by atomic mass is 9.99. The summed E-state index contributed by atoms with van der Waals surface area (Å²) in [6, 6.07) is 16.3. The molecule has 0 bridgehead atoms. The smallest absolute Gasteiger partial charge is 0.254 e. The highest BCUT2D eigenvalue weighted by Crippen LogP contribution is 2.33. The number of benzene rings is 2. The molecule has 5 rings (SSSR count). The first-order valence-corrected chi connectivity index (χ1v) is 12.4. The summed E-state index contributed by atoms with van der Waals surface area (Å²) in [5.74, 6) is 0.768. The lowest BCUT2D eigenvalue weighted by Crippen LogP contribution is -2.42. The molecular weight excluding hydrogens is 444 g/mol. The Bertz CT molecular complexity index is 1270. The van der Waals surface area contributed by atoms with Gasteiger partial charge in [-0.2, -0.15) is 0 Å². The molecule has 1 aliphatic heterocycles. The summed E-state index contributed by atoms with van der Waals surface area (Å²) in [6.45, 7) is 8.57. The summed E-state index contributed by atoms with van der Waals surface area (Å²) in [4.78, 5) is 28.3. The fraction of sp³-hybridized carbons (Fsp3) is 0.296. The van der Waals surface area contributed by atoms with E-state index in [0.717, 1.165) is 34.2 Å². The third kappa shape index (κ3) is 4.35. The molecule has 2 unspecified atom stereocenters. The predicted octanol–water partition coefficient (Wildman–Crippen LogP) is 5.76. The van der Waals surface area contributed by atoms with Gasteiger partial charge in [0.1, 0.15) is 6.26 Å². The number of hydrogen-bond acceptors (Lipinski definition) is 6. The van der Waals surface area contributed by atoms with Crippen molar-refractivity contribution in [3.63, 3.8) is 0 Å². The van der Waals surface area contributed by atoms with E-state index in [1.165, 1.54) is 11.8 Å². The summed E-state index contributed by atoms with van der Waals surface area (Å²) in [6.07, 6.45) is 5.10. The van der Waals surface area contributed by atoms with Crippen LogP contribution in [0.3, 0.4) is 0 Å². The van der Waals surface area contributed by atoms with Crippen LogP contribution in [0, 0.1) is 12.8 Å². The van der Waals surface area contributed by atoms with Gasteiger partial charge in [0, 0.05) is 37.4 Å². The van der Waals surface area contributed by atoms with Gasteiger partial charge in [0.25, 0.3) is 5.91 Å². The number of aryl methyl sites for hydroxylation is 1. The standard InChI is InChI=1S/C27H28N4O2S/c1-18-9-10-22(25-28-11-14-33-25)23(15-18)26(32)31-13-12-30(17-19(2)20(31)3)27-29-16-24(34-27)21-7-5-4-6-8-21/h4-11,14-16,19-20H,12-13,17H2,1-3H3. The van der Waals surface area contributed by atoms with Crippen molar-refractivity contribution in [2.45, 2.75) is 26.8 Å². The molecule has 1 amide bonds. The van der Waals surface area contributed by atoms with Crippen molar-refractivity contribution in [1.29, 1.82) is 0 Å². The first-order chi connectivity index (χ1) is 16.5. The second kappa shape index (κ2) is 9.43. The molecular formula is C27H28N4O2S. The molecule has 174 valence electrons. The largest absolute Gasteiger partial charge is 0.445 e. The Morgan fingerprint density at radius 3 is 2.68 bits per heavy atom. The lowest BCUT2D eigenvalue weighted by molar-refractivity contribution is 0.0671. The summed E-state index contributed by atoms with van der Waals surface area (Å²) < 4.78 is 5.53. The van der Waals surface area contributed by atoms with Crippen LogP contribution in [0.2, 0.25) is 0 Å². The molecule has 0 radical (unpaired) electrons. The minimum Gasteiger partial charge on any atom is -0.445 e. The van der Waals surface area contributed by atoms with E-state index in [4.69, 9.17) is 9.40 Å². The molecule has 4 aromatic rings. The third-order valence-corrected chi connectivity index (χ3v) is 7.69. The topological polar surface area (TPSA) is 62.5 Å². The van der Waals surface area contributed by atoms with Crippen LogP contribution in [0.5, 0.6) is 0 Å². The quantitative estimate of drug-likeness (QED) is 0.378. The van der Waals surface area contributed by atoms with Gasteiger partial charge in [0.05, 0.1) is 16.6 Å². The van der Waals surface area contributed by atoms with Gasteiger partial charge in [-0.25, -0.2) is 9.97 Å². The van der Waals surface area contributed by atoms with Crippen LogP contribution in [0.4, 0.5) is 5.13 Å². The first kappa shape index (κ1) is 22.3. The maximum atomic E-state index is 13.8. The summed E-state index contributed by atoms with van der Waals surface area (Å²) in [7, 11) is 0. The number of carbonyl (C=O) groups excluding carboxylic acids is 1.